The summed E-state index contributed by atoms with van der Waals surface area (Å²) in [7, 11) is 0. The Morgan fingerprint density at radius 1 is 1.32 bits per heavy atom. The standard InChI is InChI=1S/C16H15ClN2O3/c17-14-5-1-4-13-15(14)18-10-19(16(13)21)8-11(9-20)7-12-3-2-6-22-12/h1-6,10-11,20H,7-9H2/t11-/m1/s1. The van der Waals surface area contributed by atoms with Gasteiger partial charge in [-0.15, -0.1) is 0 Å². The van der Waals surface area contributed by atoms with E-state index in [1.807, 2.05) is 6.07 Å². The second kappa shape index (κ2) is 6.34. The minimum absolute atomic E-state index is 0.0409. The zero-order valence-corrected chi connectivity index (χ0v) is 12.5. The molecule has 2 aromatic heterocycles. The average Bonchev–Trinajstić information content (AvgIpc) is 3.03. The van der Waals surface area contributed by atoms with Crippen molar-refractivity contribution in [3.05, 3.63) is 64.1 Å². The van der Waals surface area contributed by atoms with Gasteiger partial charge in [0.05, 0.1) is 28.5 Å². The molecule has 1 N–H and O–H groups in total. The highest BCUT2D eigenvalue weighted by Gasteiger charge is 2.14. The van der Waals surface area contributed by atoms with Gasteiger partial charge in [-0.2, -0.15) is 0 Å². The Hall–Kier alpha value is -2.11. The molecule has 22 heavy (non-hydrogen) atoms. The van der Waals surface area contributed by atoms with Gasteiger partial charge in [-0.1, -0.05) is 17.7 Å². The average molecular weight is 319 g/mol. The Kier molecular flexibility index (Phi) is 4.27. The van der Waals surface area contributed by atoms with Crippen molar-refractivity contribution in [1.29, 1.82) is 0 Å². The molecule has 2 heterocycles. The summed E-state index contributed by atoms with van der Waals surface area (Å²) in [5.74, 6) is 0.658. The second-order valence-electron chi connectivity index (χ2n) is 5.17. The highest BCUT2D eigenvalue weighted by molar-refractivity contribution is 6.34. The number of benzene rings is 1. The van der Waals surface area contributed by atoms with Gasteiger partial charge in [0.2, 0.25) is 0 Å². The highest BCUT2D eigenvalue weighted by Crippen LogP contribution is 2.18. The van der Waals surface area contributed by atoms with E-state index in [0.29, 0.717) is 28.9 Å². The fraction of sp³-hybridized carbons (Fsp3) is 0.250. The van der Waals surface area contributed by atoms with Gasteiger partial charge in [0.1, 0.15) is 5.76 Å². The molecule has 6 heteroatoms. The van der Waals surface area contributed by atoms with Crippen molar-refractivity contribution in [3.8, 4) is 0 Å². The van der Waals surface area contributed by atoms with Crippen LogP contribution in [0, 0.1) is 5.92 Å². The van der Waals surface area contributed by atoms with Gasteiger partial charge in [-0.05, 0) is 24.3 Å². The van der Waals surface area contributed by atoms with Crippen molar-refractivity contribution in [2.75, 3.05) is 6.61 Å². The molecule has 1 atom stereocenters. The summed E-state index contributed by atoms with van der Waals surface area (Å²) in [4.78, 5) is 16.7. The first kappa shape index (κ1) is 14.8. The van der Waals surface area contributed by atoms with Crippen LogP contribution in [0.5, 0.6) is 0 Å². The van der Waals surface area contributed by atoms with E-state index in [4.69, 9.17) is 16.0 Å². The number of hydrogen-bond acceptors (Lipinski definition) is 4. The van der Waals surface area contributed by atoms with Crippen LogP contribution in [-0.2, 0) is 13.0 Å². The third kappa shape index (κ3) is 2.91. The fourth-order valence-electron chi connectivity index (χ4n) is 2.46. The molecule has 0 unspecified atom stereocenters. The Labute approximate surface area is 131 Å². The number of fused-ring (bicyclic) bond motifs is 1. The largest absolute Gasteiger partial charge is 0.469 e. The lowest BCUT2D eigenvalue weighted by molar-refractivity contribution is 0.203. The predicted molar refractivity (Wildman–Crippen MR) is 84.0 cm³/mol. The van der Waals surface area contributed by atoms with Crippen LogP contribution < -0.4 is 5.56 Å². The molecule has 1 aromatic carbocycles. The van der Waals surface area contributed by atoms with Gasteiger partial charge < -0.3 is 9.52 Å². The maximum Gasteiger partial charge on any atom is 0.261 e. The van der Waals surface area contributed by atoms with Crippen LogP contribution in [0.2, 0.25) is 5.02 Å². The molecule has 0 bridgehead atoms. The van der Waals surface area contributed by atoms with Gasteiger partial charge in [0.15, 0.2) is 0 Å². The van der Waals surface area contributed by atoms with Crippen molar-refractivity contribution in [2.24, 2.45) is 5.92 Å². The zero-order valence-electron chi connectivity index (χ0n) is 11.8. The first-order valence-electron chi connectivity index (χ1n) is 6.96. The number of para-hydroxylation sites is 1. The summed E-state index contributed by atoms with van der Waals surface area (Å²) in [5, 5.41) is 10.5. The topological polar surface area (TPSA) is 68.3 Å². The summed E-state index contributed by atoms with van der Waals surface area (Å²) >= 11 is 6.05. The Morgan fingerprint density at radius 2 is 2.18 bits per heavy atom. The smallest absolute Gasteiger partial charge is 0.261 e. The monoisotopic (exact) mass is 318 g/mol. The van der Waals surface area contributed by atoms with Crippen molar-refractivity contribution >= 4 is 22.5 Å². The predicted octanol–water partition coefficient (Wildman–Crippen LogP) is 2.49. The molecular formula is C16H15ClN2O3. The van der Waals surface area contributed by atoms with Gasteiger partial charge in [0.25, 0.3) is 5.56 Å². The van der Waals surface area contributed by atoms with Crippen LogP contribution in [-0.4, -0.2) is 21.3 Å². The number of nitrogens with zero attached hydrogens (tertiary/aromatic N) is 2. The lowest BCUT2D eigenvalue weighted by Gasteiger charge is -2.14. The molecule has 0 fully saturated rings. The number of aliphatic hydroxyl groups is 1. The van der Waals surface area contributed by atoms with E-state index in [9.17, 15) is 9.90 Å². The number of hydrogen-bond donors (Lipinski definition) is 1. The highest BCUT2D eigenvalue weighted by atomic mass is 35.5. The van der Waals surface area contributed by atoms with Crippen LogP contribution >= 0.6 is 11.6 Å². The van der Waals surface area contributed by atoms with Crippen LogP contribution in [0.3, 0.4) is 0 Å². The maximum atomic E-state index is 12.5. The van der Waals surface area contributed by atoms with Gasteiger partial charge in [-0.3, -0.25) is 9.36 Å². The van der Waals surface area contributed by atoms with E-state index in [1.54, 1.807) is 30.5 Å². The van der Waals surface area contributed by atoms with Crippen molar-refractivity contribution in [3.63, 3.8) is 0 Å². The molecule has 0 radical (unpaired) electrons. The number of aromatic nitrogens is 2. The summed E-state index contributed by atoms with van der Waals surface area (Å²) in [6, 6.07) is 8.78. The molecule has 3 rings (SSSR count). The first-order valence-corrected chi connectivity index (χ1v) is 7.33. The van der Waals surface area contributed by atoms with Gasteiger partial charge in [0, 0.05) is 25.5 Å². The Bertz CT molecular complexity index is 827. The molecular weight excluding hydrogens is 304 g/mol. The van der Waals surface area contributed by atoms with Crippen molar-refractivity contribution < 1.29 is 9.52 Å². The molecule has 0 saturated heterocycles. The van der Waals surface area contributed by atoms with Crippen LogP contribution in [0.1, 0.15) is 5.76 Å². The van der Waals surface area contributed by atoms with E-state index >= 15 is 0 Å². The molecule has 0 amide bonds. The summed E-state index contributed by atoms with van der Waals surface area (Å²) in [5.41, 5.74) is 0.336. The Morgan fingerprint density at radius 3 is 2.91 bits per heavy atom. The normalized spacial score (nSPS) is 12.6. The third-order valence-corrected chi connectivity index (χ3v) is 3.89. The first-order chi connectivity index (χ1) is 10.7. The van der Waals surface area contributed by atoms with E-state index in [1.165, 1.54) is 10.9 Å². The SMILES string of the molecule is O=c1c2cccc(Cl)c2ncn1C[C@H](CO)Cc1ccco1. The van der Waals surface area contributed by atoms with E-state index in [-0.39, 0.29) is 18.1 Å². The molecule has 0 aliphatic rings. The Balaban J connectivity index is 1.90. The minimum atomic E-state index is -0.162. The lowest BCUT2D eigenvalue weighted by Crippen LogP contribution is -2.27. The fourth-order valence-corrected chi connectivity index (χ4v) is 2.69. The summed E-state index contributed by atoms with van der Waals surface area (Å²) < 4.78 is 6.79. The van der Waals surface area contributed by atoms with E-state index in [2.05, 4.69) is 4.98 Å². The second-order valence-corrected chi connectivity index (χ2v) is 5.58. The zero-order chi connectivity index (χ0) is 15.5. The molecule has 5 nitrogen and oxygen atoms in total. The minimum Gasteiger partial charge on any atom is -0.469 e. The lowest BCUT2D eigenvalue weighted by atomic mass is 10.0. The maximum absolute atomic E-state index is 12.5. The van der Waals surface area contributed by atoms with Crippen molar-refractivity contribution in [1.82, 2.24) is 9.55 Å². The molecule has 0 saturated carbocycles. The summed E-state index contributed by atoms with van der Waals surface area (Å²) in [6.45, 7) is 0.326. The van der Waals surface area contributed by atoms with Gasteiger partial charge >= 0.3 is 0 Å². The van der Waals surface area contributed by atoms with E-state index in [0.717, 1.165) is 5.76 Å². The van der Waals surface area contributed by atoms with Crippen LogP contribution in [0.4, 0.5) is 0 Å². The van der Waals surface area contributed by atoms with Crippen molar-refractivity contribution in [2.45, 2.75) is 13.0 Å². The number of rotatable bonds is 5. The molecule has 3 aromatic rings. The van der Waals surface area contributed by atoms with Crippen LogP contribution in [0.25, 0.3) is 10.9 Å². The molecule has 0 aliphatic carbocycles. The summed E-state index contributed by atoms with van der Waals surface area (Å²) in [6.07, 6.45) is 3.63. The van der Waals surface area contributed by atoms with Crippen LogP contribution in [0.15, 0.2) is 52.1 Å². The van der Waals surface area contributed by atoms with Gasteiger partial charge in [-0.25, -0.2) is 4.98 Å². The number of aliphatic hydroxyl groups excluding tert-OH is 1. The van der Waals surface area contributed by atoms with E-state index < -0.39 is 0 Å². The molecule has 0 aliphatic heterocycles. The molecule has 0 spiro atoms. The molecule has 114 valence electrons. The number of halogens is 1. The quantitative estimate of drug-likeness (QED) is 0.785. The third-order valence-electron chi connectivity index (χ3n) is 3.59. The number of furan rings is 1.